The summed E-state index contributed by atoms with van der Waals surface area (Å²) >= 11 is 0. The predicted octanol–water partition coefficient (Wildman–Crippen LogP) is 1.84. The van der Waals surface area contributed by atoms with Crippen LogP contribution in [-0.2, 0) is 10.0 Å². The first-order chi connectivity index (χ1) is 10.5. The van der Waals surface area contributed by atoms with Gasteiger partial charge in [-0.3, -0.25) is 4.79 Å². The van der Waals surface area contributed by atoms with E-state index >= 15 is 0 Å². The minimum Gasteiger partial charge on any atom is -0.438 e. The molecule has 0 unspecified atom stereocenters. The Hall–Kier alpha value is -1.34. The number of fused-ring (bicyclic) bond motifs is 1. The number of sulfonamides is 1. The first-order valence-corrected chi connectivity index (χ1v) is 9.32. The van der Waals surface area contributed by atoms with Crippen molar-refractivity contribution < 1.29 is 17.6 Å². The molecule has 1 aromatic heterocycles. The lowest BCUT2D eigenvalue weighted by atomic mass is 9.75. The maximum atomic E-state index is 12.5. The van der Waals surface area contributed by atoms with Gasteiger partial charge < -0.3 is 9.32 Å². The van der Waals surface area contributed by atoms with E-state index < -0.39 is 10.0 Å². The van der Waals surface area contributed by atoms with E-state index in [0.29, 0.717) is 5.92 Å². The van der Waals surface area contributed by atoms with Crippen LogP contribution in [0.15, 0.2) is 21.6 Å². The Labute approximate surface area is 130 Å². The van der Waals surface area contributed by atoms with Gasteiger partial charge in [-0.05, 0) is 43.9 Å². The van der Waals surface area contributed by atoms with Crippen molar-refractivity contribution in [1.82, 2.24) is 9.62 Å². The molecule has 22 heavy (non-hydrogen) atoms. The summed E-state index contributed by atoms with van der Waals surface area (Å²) in [6.07, 6.45) is 6.05. The predicted molar refractivity (Wildman–Crippen MR) is 80.9 cm³/mol. The highest BCUT2D eigenvalue weighted by atomic mass is 32.2. The fourth-order valence-electron chi connectivity index (χ4n) is 3.62. The van der Waals surface area contributed by atoms with Crippen LogP contribution in [0.3, 0.4) is 0 Å². The highest BCUT2D eigenvalue weighted by Crippen LogP contribution is 2.36. The molecule has 1 saturated carbocycles. The second-order valence-electron chi connectivity index (χ2n) is 6.17. The summed E-state index contributed by atoms with van der Waals surface area (Å²) in [6, 6.07) is 2.77. The summed E-state index contributed by atoms with van der Waals surface area (Å²) in [5, 5.41) is -0.217. The fraction of sp³-hybridized carbons (Fsp3) is 0.667. The Kier molecular flexibility index (Phi) is 4.27. The molecule has 0 spiro atoms. The van der Waals surface area contributed by atoms with Crippen molar-refractivity contribution in [1.29, 1.82) is 0 Å². The summed E-state index contributed by atoms with van der Waals surface area (Å²) in [5.41, 5.74) is 0. The summed E-state index contributed by atoms with van der Waals surface area (Å²) < 4.78 is 30.8. The Morgan fingerprint density at radius 1 is 1.23 bits per heavy atom. The largest absolute Gasteiger partial charge is 0.438 e. The zero-order chi connectivity index (χ0) is 15.7. The molecule has 0 aromatic carbocycles. The lowest BCUT2D eigenvalue weighted by molar-refractivity contribution is 0.0487. The lowest BCUT2D eigenvalue weighted by Gasteiger charge is -2.41. The number of nitrogens with one attached hydrogen (secondary N) is 1. The molecule has 2 atom stereocenters. The van der Waals surface area contributed by atoms with Gasteiger partial charge in [-0.15, -0.1) is 0 Å². The Morgan fingerprint density at radius 2 is 1.95 bits per heavy atom. The number of amides is 1. The molecule has 2 heterocycles. The lowest BCUT2D eigenvalue weighted by Crippen LogP contribution is -2.44. The standard InChI is InChI=1S/C15H22N2O4S/c1-16-22(19,20)14-7-6-13(21-14)15(18)17-9-8-11-4-2-3-5-12(11)10-17/h6-7,11-12,16H,2-5,8-10H2,1H3/t11-,12+/m0/s1. The normalized spacial score (nSPS) is 25.8. The first-order valence-electron chi connectivity index (χ1n) is 7.84. The molecule has 1 saturated heterocycles. The highest BCUT2D eigenvalue weighted by molar-refractivity contribution is 7.89. The summed E-state index contributed by atoms with van der Waals surface area (Å²) in [5.74, 6) is 1.22. The fourth-order valence-corrected chi connectivity index (χ4v) is 4.27. The van der Waals surface area contributed by atoms with Gasteiger partial charge in [0.2, 0.25) is 5.09 Å². The van der Waals surface area contributed by atoms with Crippen molar-refractivity contribution in [3.8, 4) is 0 Å². The van der Waals surface area contributed by atoms with Crippen molar-refractivity contribution in [2.75, 3.05) is 20.1 Å². The molecular weight excluding hydrogens is 304 g/mol. The van der Waals surface area contributed by atoms with Gasteiger partial charge in [0.15, 0.2) is 5.76 Å². The Morgan fingerprint density at radius 3 is 2.68 bits per heavy atom. The van der Waals surface area contributed by atoms with Crippen LogP contribution in [0.4, 0.5) is 0 Å². The van der Waals surface area contributed by atoms with E-state index in [1.807, 2.05) is 0 Å². The van der Waals surface area contributed by atoms with Crippen LogP contribution in [0.5, 0.6) is 0 Å². The van der Waals surface area contributed by atoms with Gasteiger partial charge in [0, 0.05) is 13.1 Å². The Balaban J connectivity index is 1.72. The maximum absolute atomic E-state index is 12.5. The minimum atomic E-state index is -3.65. The zero-order valence-corrected chi connectivity index (χ0v) is 13.6. The minimum absolute atomic E-state index is 0.100. The van der Waals surface area contributed by atoms with Gasteiger partial charge in [-0.25, -0.2) is 13.1 Å². The molecule has 1 aliphatic heterocycles. The van der Waals surface area contributed by atoms with Gasteiger partial charge in [0.05, 0.1) is 0 Å². The number of hydrogen-bond acceptors (Lipinski definition) is 4. The van der Waals surface area contributed by atoms with Crippen LogP contribution in [0.25, 0.3) is 0 Å². The van der Waals surface area contributed by atoms with E-state index in [4.69, 9.17) is 4.42 Å². The average molecular weight is 326 g/mol. The summed E-state index contributed by atoms with van der Waals surface area (Å²) in [6.45, 7) is 1.49. The number of nitrogens with zero attached hydrogens (tertiary/aromatic N) is 1. The molecule has 2 aliphatic rings. The molecular formula is C15H22N2O4S. The molecule has 0 bridgehead atoms. The number of likely N-dealkylation sites (tertiary alicyclic amines) is 1. The number of carbonyl (C=O) groups excluding carboxylic acids is 1. The average Bonchev–Trinajstić information content (AvgIpc) is 3.04. The third-order valence-corrected chi connectivity index (χ3v) is 6.19. The van der Waals surface area contributed by atoms with Crippen molar-refractivity contribution in [2.45, 2.75) is 37.2 Å². The van der Waals surface area contributed by atoms with Crippen LogP contribution < -0.4 is 4.72 Å². The third-order valence-electron chi connectivity index (χ3n) is 4.90. The van der Waals surface area contributed by atoms with Gasteiger partial charge in [0.1, 0.15) is 0 Å². The van der Waals surface area contributed by atoms with Crippen LogP contribution in [0.2, 0.25) is 0 Å². The number of rotatable bonds is 3. The third kappa shape index (κ3) is 2.92. The van der Waals surface area contributed by atoms with Crippen LogP contribution in [-0.4, -0.2) is 39.4 Å². The van der Waals surface area contributed by atoms with E-state index in [0.717, 1.165) is 25.4 Å². The second-order valence-corrected chi connectivity index (χ2v) is 7.99. The van der Waals surface area contributed by atoms with Crippen molar-refractivity contribution in [3.05, 3.63) is 17.9 Å². The van der Waals surface area contributed by atoms with E-state index in [2.05, 4.69) is 4.72 Å². The summed E-state index contributed by atoms with van der Waals surface area (Å²) in [7, 11) is -2.34. The molecule has 1 aliphatic carbocycles. The SMILES string of the molecule is CNS(=O)(=O)c1ccc(C(=O)N2CC[C@@H]3CCCC[C@@H]3C2)o1. The maximum Gasteiger partial charge on any atom is 0.289 e. The summed E-state index contributed by atoms with van der Waals surface area (Å²) in [4.78, 5) is 14.3. The van der Waals surface area contributed by atoms with Crippen LogP contribution in [0.1, 0.15) is 42.7 Å². The van der Waals surface area contributed by atoms with Crippen molar-refractivity contribution in [2.24, 2.45) is 11.8 Å². The van der Waals surface area contributed by atoms with E-state index in [1.165, 1.54) is 44.9 Å². The number of piperidine rings is 1. The number of hydrogen-bond donors (Lipinski definition) is 1. The molecule has 3 rings (SSSR count). The molecule has 2 fully saturated rings. The molecule has 6 nitrogen and oxygen atoms in total. The first kappa shape index (κ1) is 15.6. The Bertz CT molecular complexity index is 652. The van der Waals surface area contributed by atoms with Gasteiger partial charge in [-0.2, -0.15) is 0 Å². The van der Waals surface area contributed by atoms with Gasteiger partial charge in [0.25, 0.3) is 15.9 Å². The molecule has 1 aromatic rings. The number of furan rings is 1. The molecule has 1 N–H and O–H groups in total. The molecule has 0 radical (unpaired) electrons. The molecule has 7 heteroatoms. The second kappa shape index (κ2) is 6.04. The topological polar surface area (TPSA) is 79.6 Å². The van der Waals surface area contributed by atoms with E-state index in [1.54, 1.807) is 4.90 Å². The molecule has 122 valence electrons. The van der Waals surface area contributed by atoms with E-state index in [9.17, 15) is 13.2 Å². The van der Waals surface area contributed by atoms with Crippen molar-refractivity contribution in [3.63, 3.8) is 0 Å². The quantitative estimate of drug-likeness (QED) is 0.919. The monoisotopic (exact) mass is 326 g/mol. The van der Waals surface area contributed by atoms with Crippen LogP contribution in [0, 0.1) is 11.8 Å². The molecule has 1 amide bonds. The van der Waals surface area contributed by atoms with E-state index in [-0.39, 0.29) is 16.8 Å². The van der Waals surface area contributed by atoms with Gasteiger partial charge in [-0.1, -0.05) is 19.3 Å². The smallest absolute Gasteiger partial charge is 0.289 e. The number of carbonyl (C=O) groups is 1. The van der Waals surface area contributed by atoms with Crippen molar-refractivity contribution >= 4 is 15.9 Å². The zero-order valence-electron chi connectivity index (χ0n) is 12.7. The highest BCUT2D eigenvalue weighted by Gasteiger charge is 2.34. The van der Waals surface area contributed by atoms with Gasteiger partial charge >= 0.3 is 0 Å². The van der Waals surface area contributed by atoms with Crippen LogP contribution >= 0.6 is 0 Å².